The minimum absolute atomic E-state index is 0. The van der Waals surface area contributed by atoms with Crippen LogP contribution in [0, 0.1) is 49.0 Å². The van der Waals surface area contributed by atoms with Crippen molar-refractivity contribution in [3.8, 4) is 11.1 Å². The summed E-state index contributed by atoms with van der Waals surface area (Å²) >= 11 is 0. The van der Waals surface area contributed by atoms with Crippen LogP contribution in [0.3, 0.4) is 0 Å². The van der Waals surface area contributed by atoms with Gasteiger partial charge in [-0.05, 0) is 91.0 Å². The summed E-state index contributed by atoms with van der Waals surface area (Å²) in [7, 11) is 0. The van der Waals surface area contributed by atoms with Gasteiger partial charge < -0.3 is 0 Å². The van der Waals surface area contributed by atoms with E-state index in [2.05, 4.69) is 26.0 Å². The van der Waals surface area contributed by atoms with Gasteiger partial charge in [-0.15, -0.1) is 0 Å². The molecule has 2 aliphatic carbocycles. The van der Waals surface area contributed by atoms with Crippen LogP contribution in [0.1, 0.15) is 102 Å². The van der Waals surface area contributed by atoms with Crippen LogP contribution < -0.4 is 0 Å². The summed E-state index contributed by atoms with van der Waals surface area (Å²) in [4.78, 5) is 0. The summed E-state index contributed by atoms with van der Waals surface area (Å²) < 4.78 is 55.0. The minimum atomic E-state index is -0.751. The molecule has 3 aromatic carbocycles. The summed E-state index contributed by atoms with van der Waals surface area (Å²) in [6, 6.07) is 14.7. The monoisotopic (exact) mass is 528 g/mol. The summed E-state index contributed by atoms with van der Waals surface area (Å²) in [6.07, 6.45) is 9.25. The van der Waals surface area contributed by atoms with Gasteiger partial charge in [-0.2, -0.15) is 0 Å². The fourth-order valence-electron chi connectivity index (χ4n) is 5.94. The smallest absolute Gasteiger partial charge is 0.166 e. The van der Waals surface area contributed by atoms with Crippen LogP contribution in [0.4, 0.5) is 17.6 Å². The predicted octanol–water partition coefficient (Wildman–Crippen LogP) is 11.3. The van der Waals surface area contributed by atoms with E-state index in [1.54, 1.807) is 38.1 Å². The molecule has 2 aliphatic rings. The topological polar surface area (TPSA) is 0 Å². The Morgan fingerprint density at radius 3 is 1.55 bits per heavy atom. The molecule has 0 bridgehead atoms. The molecule has 0 saturated heterocycles. The first-order valence-corrected chi connectivity index (χ1v) is 14.1. The van der Waals surface area contributed by atoms with Crippen LogP contribution in [0.15, 0.2) is 48.5 Å². The Kier molecular flexibility index (Phi) is 9.33. The number of halogens is 4. The van der Waals surface area contributed by atoms with Crippen molar-refractivity contribution in [2.45, 2.75) is 90.9 Å². The summed E-state index contributed by atoms with van der Waals surface area (Å²) in [5.74, 6) is -0.399. The largest absolute Gasteiger partial charge is 0.203 e. The number of rotatable bonds is 3. The second kappa shape index (κ2) is 12.5. The molecule has 0 N–H and O–H groups in total. The average molecular weight is 529 g/mol. The normalized spacial score (nSPS) is 23.5. The fourth-order valence-corrected chi connectivity index (χ4v) is 5.94. The lowest BCUT2D eigenvalue weighted by molar-refractivity contribution is 0.339. The van der Waals surface area contributed by atoms with Gasteiger partial charge in [-0.25, -0.2) is 17.6 Å². The SMILES string of the molecule is Cc1ccc(-c2ccc(C3CCC(C)CC3)cc2)c(F)c1F.Cc1ccc(C2CCC(C)CC2)c(F)c1F.[HH].[HH]. The molecule has 5 rings (SSSR count). The summed E-state index contributed by atoms with van der Waals surface area (Å²) in [5, 5.41) is 0. The molecule has 0 nitrogen and oxygen atoms in total. The van der Waals surface area contributed by atoms with Gasteiger partial charge in [0, 0.05) is 8.42 Å². The molecule has 0 radical (unpaired) electrons. The van der Waals surface area contributed by atoms with Crippen LogP contribution >= 0.6 is 0 Å². The van der Waals surface area contributed by atoms with E-state index in [1.165, 1.54) is 31.2 Å². The van der Waals surface area contributed by atoms with E-state index in [0.29, 0.717) is 28.2 Å². The van der Waals surface area contributed by atoms with Crippen LogP contribution in [-0.2, 0) is 0 Å². The zero-order valence-electron chi connectivity index (χ0n) is 23.1. The molecule has 38 heavy (non-hydrogen) atoms. The number of aryl methyl sites for hydroxylation is 2. The Morgan fingerprint density at radius 2 is 1.00 bits per heavy atom. The van der Waals surface area contributed by atoms with Crippen molar-refractivity contribution in [1.82, 2.24) is 0 Å². The molecule has 0 atom stereocenters. The molecule has 2 fully saturated rings. The quantitative estimate of drug-likeness (QED) is 0.297. The Labute approximate surface area is 228 Å². The number of hydrogen-bond acceptors (Lipinski definition) is 0. The second-order valence-corrected chi connectivity index (χ2v) is 11.7. The maximum atomic E-state index is 14.1. The van der Waals surface area contributed by atoms with Gasteiger partial charge in [-0.1, -0.05) is 88.1 Å². The van der Waals surface area contributed by atoms with Gasteiger partial charge in [0.1, 0.15) is 0 Å². The van der Waals surface area contributed by atoms with Gasteiger partial charge in [0.2, 0.25) is 0 Å². The van der Waals surface area contributed by atoms with Crippen molar-refractivity contribution < 1.29 is 20.4 Å². The molecule has 0 spiro atoms. The lowest BCUT2D eigenvalue weighted by atomic mass is 9.79. The Bertz CT molecular complexity index is 1230. The van der Waals surface area contributed by atoms with Crippen LogP contribution in [-0.4, -0.2) is 0 Å². The first-order chi connectivity index (χ1) is 18.2. The van der Waals surface area contributed by atoms with Crippen molar-refractivity contribution in [2.75, 3.05) is 0 Å². The molecule has 208 valence electrons. The molecule has 0 heterocycles. The fraction of sp³-hybridized carbons (Fsp3) is 0.471. The van der Waals surface area contributed by atoms with Gasteiger partial charge in [-0.3, -0.25) is 0 Å². The summed E-state index contributed by atoms with van der Waals surface area (Å²) in [5.41, 5.74) is 3.72. The van der Waals surface area contributed by atoms with Gasteiger partial charge in [0.05, 0.1) is 0 Å². The molecule has 0 unspecified atom stereocenters. The molecule has 0 aromatic heterocycles. The van der Waals surface area contributed by atoms with Crippen molar-refractivity contribution in [2.24, 2.45) is 11.8 Å². The Morgan fingerprint density at radius 1 is 0.526 bits per heavy atom. The molecule has 3 aromatic rings. The number of benzene rings is 3. The molecule has 0 aliphatic heterocycles. The third-order valence-electron chi connectivity index (χ3n) is 8.75. The van der Waals surface area contributed by atoms with E-state index in [4.69, 9.17) is 0 Å². The maximum Gasteiger partial charge on any atom is 0.166 e. The zero-order valence-corrected chi connectivity index (χ0v) is 23.1. The van der Waals surface area contributed by atoms with Gasteiger partial charge >= 0.3 is 0 Å². The highest BCUT2D eigenvalue weighted by Gasteiger charge is 2.24. The first-order valence-electron chi connectivity index (χ1n) is 14.1. The highest BCUT2D eigenvalue weighted by atomic mass is 19.2. The van der Waals surface area contributed by atoms with Crippen molar-refractivity contribution in [3.63, 3.8) is 0 Å². The predicted molar refractivity (Wildman–Crippen MR) is 153 cm³/mol. The minimum Gasteiger partial charge on any atom is -0.203 e. The molecular weight excluding hydrogens is 484 g/mol. The highest BCUT2D eigenvalue weighted by molar-refractivity contribution is 5.65. The van der Waals surface area contributed by atoms with Crippen molar-refractivity contribution in [3.05, 3.63) is 94.1 Å². The van der Waals surface area contributed by atoms with Gasteiger partial charge in [0.25, 0.3) is 0 Å². The van der Waals surface area contributed by atoms with Crippen molar-refractivity contribution in [1.29, 1.82) is 0 Å². The van der Waals surface area contributed by atoms with E-state index >= 15 is 0 Å². The lowest BCUT2D eigenvalue weighted by Gasteiger charge is -2.26. The summed E-state index contributed by atoms with van der Waals surface area (Å²) in [6.45, 7) is 7.72. The van der Waals surface area contributed by atoms with Crippen LogP contribution in [0.25, 0.3) is 11.1 Å². The van der Waals surface area contributed by atoms with E-state index < -0.39 is 23.3 Å². The third kappa shape index (κ3) is 6.50. The lowest BCUT2D eigenvalue weighted by Crippen LogP contribution is -2.13. The number of hydrogen-bond donors (Lipinski definition) is 0. The van der Waals surface area contributed by atoms with E-state index in [9.17, 15) is 17.6 Å². The zero-order chi connectivity index (χ0) is 27.4. The van der Waals surface area contributed by atoms with E-state index in [0.717, 1.165) is 43.1 Å². The van der Waals surface area contributed by atoms with Crippen LogP contribution in [0.2, 0.25) is 0 Å². The Hall–Kier alpha value is -2.62. The second-order valence-electron chi connectivity index (χ2n) is 11.7. The van der Waals surface area contributed by atoms with Crippen molar-refractivity contribution >= 4 is 0 Å². The Balaban J connectivity index is 0.000000279. The third-order valence-corrected chi connectivity index (χ3v) is 8.75. The first kappa shape index (κ1) is 28.4. The average Bonchev–Trinajstić information content (AvgIpc) is 2.92. The molecular formula is C34H44F4. The highest BCUT2D eigenvalue weighted by Crippen LogP contribution is 2.38. The molecule has 0 amide bonds. The van der Waals surface area contributed by atoms with E-state index in [1.807, 2.05) is 12.1 Å². The van der Waals surface area contributed by atoms with Crippen LogP contribution in [0.5, 0.6) is 0 Å². The van der Waals surface area contributed by atoms with Gasteiger partial charge in [0.15, 0.2) is 23.3 Å². The standard InChI is InChI=1S/C20H22F2.C14H18F2.2H2/c1-13-3-6-15(7-4-13)16-8-10-17(11-9-16)18-12-5-14(2)19(21)20(18)22;1-9-3-6-11(7-4-9)12-8-5-10(2)13(15)14(12)16;;/h5,8-13,15H,3-4,6-7H2,1-2H3;5,8-9,11H,3-4,6-7H2,1-2H3;2*1H. The van der Waals surface area contributed by atoms with E-state index in [-0.39, 0.29) is 8.77 Å². The maximum absolute atomic E-state index is 14.1. The molecule has 2 saturated carbocycles. The molecule has 4 heteroatoms.